The first-order valence-electron chi connectivity index (χ1n) is 8.62. The highest BCUT2D eigenvalue weighted by atomic mass is 16.5. The number of ether oxygens (including phenoxy) is 2. The second-order valence-electron chi connectivity index (χ2n) is 6.35. The number of hydrogen-bond acceptors (Lipinski definition) is 4. The highest BCUT2D eigenvalue weighted by Crippen LogP contribution is 2.31. The molecule has 1 aromatic carbocycles. The predicted octanol–water partition coefficient (Wildman–Crippen LogP) is 2.33. The van der Waals surface area contributed by atoms with Crippen molar-refractivity contribution in [3.63, 3.8) is 0 Å². The maximum absolute atomic E-state index is 12.5. The summed E-state index contributed by atoms with van der Waals surface area (Å²) in [6.07, 6.45) is 5.75. The number of amides is 1. The van der Waals surface area contributed by atoms with E-state index in [1.807, 2.05) is 35.4 Å². The van der Waals surface area contributed by atoms with Crippen molar-refractivity contribution in [2.24, 2.45) is 5.92 Å². The van der Waals surface area contributed by atoms with Gasteiger partial charge < -0.3 is 18.9 Å². The van der Waals surface area contributed by atoms with Crippen molar-refractivity contribution >= 4 is 5.91 Å². The van der Waals surface area contributed by atoms with Crippen LogP contribution in [0, 0.1) is 5.92 Å². The zero-order valence-corrected chi connectivity index (χ0v) is 14.9. The topological polar surface area (TPSA) is 56.6 Å². The molecular formula is C19H25N3O3. The zero-order chi connectivity index (χ0) is 17.6. The first kappa shape index (κ1) is 17.5. The molecule has 134 valence electrons. The number of aromatic nitrogens is 2. The Morgan fingerprint density at radius 2 is 2.04 bits per heavy atom. The van der Waals surface area contributed by atoms with Crippen LogP contribution in [0.1, 0.15) is 24.2 Å². The molecule has 0 spiro atoms. The molecule has 0 radical (unpaired) electrons. The summed E-state index contributed by atoms with van der Waals surface area (Å²) in [6.45, 7) is 2.37. The van der Waals surface area contributed by atoms with Crippen LogP contribution in [0.5, 0.6) is 5.75 Å². The first-order valence-corrected chi connectivity index (χ1v) is 8.62. The van der Waals surface area contributed by atoms with Gasteiger partial charge >= 0.3 is 0 Å². The largest absolute Gasteiger partial charge is 0.497 e. The minimum Gasteiger partial charge on any atom is -0.497 e. The van der Waals surface area contributed by atoms with Gasteiger partial charge in [0.2, 0.25) is 5.91 Å². The number of carbonyl (C=O) groups is 1. The number of methoxy groups -OCH3 is 2. The molecule has 1 aliphatic carbocycles. The normalized spacial score (nSPS) is 13.7. The minimum absolute atomic E-state index is 0.196. The summed E-state index contributed by atoms with van der Waals surface area (Å²) in [5.74, 6) is 2.15. The van der Waals surface area contributed by atoms with E-state index < -0.39 is 0 Å². The van der Waals surface area contributed by atoms with E-state index in [4.69, 9.17) is 9.47 Å². The number of rotatable bonds is 9. The summed E-state index contributed by atoms with van der Waals surface area (Å²) in [5, 5.41) is 0. The van der Waals surface area contributed by atoms with Crippen molar-refractivity contribution < 1.29 is 14.3 Å². The summed E-state index contributed by atoms with van der Waals surface area (Å²) in [5.41, 5.74) is 1.16. The fourth-order valence-electron chi connectivity index (χ4n) is 2.79. The summed E-state index contributed by atoms with van der Waals surface area (Å²) in [6, 6.07) is 7.99. The Labute approximate surface area is 148 Å². The second kappa shape index (κ2) is 8.16. The number of benzene rings is 1. The van der Waals surface area contributed by atoms with Crippen LogP contribution in [0.15, 0.2) is 36.7 Å². The summed E-state index contributed by atoms with van der Waals surface area (Å²) in [7, 11) is 3.32. The Morgan fingerprint density at radius 1 is 1.28 bits per heavy atom. The molecule has 1 amide bonds. The molecule has 0 saturated heterocycles. The van der Waals surface area contributed by atoms with Crippen LogP contribution in [0.2, 0.25) is 0 Å². The lowest BCUT2D eigenvalue weighted by molar-refractivity contribution is -0.134. The van der Waals surface area contributed by atoms with Crippen molar-refractivity contribution in [1.29, 1.82) is 0 Å². The predicted molar refractivity (Wildman–Crippen MR) is 94.3 cm³/mol. The van der Waals surface area contributed by atoms with Gasteiger partial charge in [0, 0.05) is 38.5 Å². The Hall–Kier alpha value is -2.34. The van der Waals surface area contributed by atoms with Crippen molar-refractivity contribution in [2.75, 3.05) is 27.4 Å². The maximum Gasteiger partial charge on any atom is 0.226 e. The van der Waals surface area contributed by atoms with Gasteiger partial charge in [-0.1, -0.05) is 12.1 Å². The third-order valence-electron chi connectivity index (χ3n) is 4.45. The van der Waals surface area contributed by atoms with E-state index >= 15 is 0 Å². The fraction of sp³-hybridized carbons (Fsp3) is 0.474. The van der Waals surface area contributed by atoms with Gasteiger partial charge in [-0.25, -0.2) is 4.98 Å². The van der Waals surface area contributed by atoms with E-state index in [1.54, 1.807) is 20.4 Å². The number of hydrogen-bond donors (Lipinski definition) is 0. The van der Waals surface area contributed by atoms with E-state index in [0.29, 0.717) is 19.7 Å². The lowest BCUT2D eigenvalue weighted by Gasteiger charge is -2.22. The zero-order valence-electron chi connectivity index (χ0n) is 14.9. The van der Waals surface area contributed by atoms with Crippen molar-refractivity contribution in [3.05, 3.63) is 48.0 Å². The number of imidazole rings is 1. The van der Waals surface area contributed by atoms with Gasteiger partial charge in [0.25, 0.3) is 0 Å². The van der Waals surface area contributed by atoms with Crippen LogP contribution in [0.3, 0.4) is 0 Å². The molecule has 6 heteroatoms. The number of nitrogens with zero attached hydrogens (tertiary/aromatic N) is 3. The molecule has 3 rings (SSSR count). The molecule has 2 aromatic rings. The van der Waals surface area contributed by atoms with Gasteiger partial charge in [-0.2, -0.15) is 0 Å². The lowest BCUT2D eigenvalue weighted by Crippen LogP contribution is -2.35. The van der Waals surface area contributed by atoms with Gasteiger partial charge in [0.05, 0.1) is 20.3 Å². The monoisotopic (exact) mass is 343 g/mol. The number of carbonyl (C=O) groups excluding carboxylic acids is 1. The van der Waals surface area contributed by atoms with Crippen LogP contribution in [-0.4, -0.2) is 47.7 Å². The van der Waals surface area contributed by atoms with E-state index in [2.05, 4.69) is 9.55 Å². The Morgan fingerprint density at radius 3 is 2.68 bits per heavy atom. The van der Waals surface area contributed by atoms with E-state index in [-0.39, 0.29) is 11.8 Å². The van der Waals surface area contributed by atoms with Crippen LogP contribution in [0.4, 0.5) is 0 Å². The highest BCUT2D eigenvalue weighted by Gasteiger charge is 2.33. The standard InChI is InChI=1S/C19H25N3O3/c1-24-12-11-22(19(23)16-5-6-16)14-18-20-9-10-21(18)13-15-3-7-17(25-2)8-4-15/h3-4,7-10,16H,5-6,11-14H2,1-2H3. The summed E-state index contributed by atoms with van der Waals surface area (Å²) in [4.78, 5) is 18.8. The molecule has 0 bridgehead atoms. The van der Waals surface area contributed by atoms with Crippen molar-refractivity contribution in [1.82, 2.24) is 14.5 Å². The quantitative estimate of drug-likeness (QED) is 0.701. The third-order valence-corrected chi connectivity index (χ3v) is 4.45. The van der Waals surface area contributed by atoms with E-state index in [0.717, 1.165) is 36.5 Å². The second-order valence-corrected chi connectivity index (χ2v) is 6.35. The molecule has 0 aliphatic heterocycles. The van der Waals surface area contributed by atoms with Gasteiger partial charge in [-0.05, 0) is 30.5 Å². The lowest BCUT2D eigenvalue weighted by atomic mass is 10.2. The van der Waals surface area contributed by atoms with Gasteiger partial charge in [-0.3, -0.25) is 4.79 Å². The average molecular weight is 343 g/mol. The van der Waals surface area contributed by atoms with Crippen LogP contribution >= 0.6 is 0 Å². The maximum atomic E-state index is 12.5. The van der Waals surface area contributed by atoms with E-state index in [1.165, 1.54) is 0 Å². The molecule has 0 N–H and O–H groups in total. The molecule has 0 atom stereocenters. The molecule has 25 heavy (non-hydrogen) atoms. The molecular weight excluding hydrogens is 318 g/mol. The third kappa shape index (κ3) is 4.60. The van der Waals surface area contributed by atoms with Gasteiger partial charge in [0.15, 0.2) is 0 Å². The smallest absolute Gasteiger partial charge is 0.226 e. The minimum atomic E-state index is 0.196. The SMILES string of the molecule is COCCN(Cc1nccn1Cc1ccc(OC)cc1)C(=O)C1CC1. The van der Waals surface area contributed by atoms with Gasteiger partial charge in [0.1, 0.15) is 11.6 Å². The van der Waals surface area contributed by atoms with Crippen molar-refractivity contribution in [2.45, 2.75) is 25.9 Å². The Bertz CT molecular complexity index is 692. The highest BCUT2D eigenvalue weighted by molar-refractivity contribution is 5.81. The van der Waals surface area contributed by atoms with Crippen molar-refractivity contribution in [3.8, 4) is 5.75 Å². The summed E-state index contributed by atoms with van der Waals surface area (Å²) < 4.78 is 12.4. The van der Waals surface area contributed by atoms with Crippen LogP contribution in [0.25, 0.3) is 0 Å². The molecule has 6 nitrogen and oxygen atoms in total. The fourth-order valence-corrected chi connectivity index (χ4v) is 2.79. The van der Waals surface area contributed by atoms with Gasteiger partial charge in [-0.15, -0.1) is 0 Å². The Kier molecular flexibility index (Phi) is 5.71. The first-order chi connectivity index (χ1) is 12.2. The molecule has 1 fully saturated rings. The molecule has 0 unspecified atom stereocenters. The Balaban J connectivity index is 1.69. The average Bonchev–Trinajstić information content (AvgIpc) is 3.40. The van der Waals surface area contributed by atoms with Crippen LogP contribution in [-0.2, 0) is 22.6 Å². The molecule has 1 aromatic heterocycles. The van der Waals surface area contributed by atoms with E-state index in [9.17, 15) is 4.79 Å². The molecule has 1 saturated carbocycles. The van der Waals surface area contributed by atoms with Crippen LogP contribution < -0.4 is 4.74 Å². The molecule has 1 aliphatic rings. The molecule has 1 heterocycles. The summed E-state index contributed by atoms with van der Waals surface area (Å²) >= 11 is 0.